The Hall–Kier alpha value is -1.65. The number of aldehydes is 1. The van der Waals surface area contributed by atoms with Crippen molar-refractivity contribution in [3.8, 4) is 0 Å². The van der Waals surface area contributed by atoms with Gasteiger partial charge in [-0.2, -0.15) is 5.10 Å². The summed E-state index contributed by atoms with van der Waals surface area (Å²) in [6, 6.07) is 0. The zero-order valence-corrected chi connectivity index (χ0v) is 9.40. The summed E-state index contributed by atoms with van der Waals surface area (Å²) in [5, 5.41) is 4.23. The molecule has 0 N–H and O–H groups in total. The summed E-state index contributed by atoms with van der Waals surface area (Å²) >= 11 is 0. The normalized spacial score (nSPS) is 14.9. The number of carbonyl (C=O) groups is 2. The van der Waals surface area contributed by atoms with Crippen LogP contribution in [0.25, 0.3) is 0 Å². The van der Waals surface area contributed by atoms with Gasteiger partial charge in [-0.15, -0.1) is 0 Å². The van der Waals surface area contributed by atoms with Gasteiger partial charge in [0.05, 0.1) is 17.9 Å². The molecule has 0 aromatic carbocycles. The van der Waals surface area contributed by atoms with Gasteiger partial charge in [-0.05, 0) is 19.8 Å². The van der Waals surface area contributed by atoms with Gasteiger partial charge in [-0.3, -0.25) is 9.48 Å². The lowest BCUT2D eigenvalue weighted by atomic mass is 10.1. The van der Waals surface area contributed by atoms with Crippen molar-refractivity contribution in [3.63, 3.8) is 0 Å². The van der Waals surface area contributed by atoms with Crippen LogP contribution in [0.5, 0.6) is 0 Å². The molecule has 0 spiro atoms. The third-order valence-corrected chi connectivity index (χ3v) is 2.66. The van der Waals surface area contributed by atoms with Crippen LogP contribution in [0.3, 0.4) is 0 Å². The van der Waals surface area contributed by atoms with E-state index in [2.05, 4.69) is 5.10 Å². The summed E-state index contributed by atoms with van der Waals surface area (Å²) in [6.45, 7) is 2.03. The second-order valence-corrected chi connectivity index (χ2v) is 3.88. The van der Waals surface area contributed by atoms with E-state index >= 15 is 0 Å². The van der Waals surface area contributed by atoms with Crippen LogP contribution in [-0.2, 0) is 11.8 Å². The van der Waals surface area contributed by atoms with E-state index < -0.39 is 5.97 Å². The number of carbonyl (C=O) groups excluding carboxylic acids is 2. The van der Waals surface area contributed by atoms with Crippen LogP contribution < -0.4 is 0 Å². The van der Waals surface area contributed by atoms with Crippen molar-refractivity contribution < 1.29 is 14.3 Å². The molecule has 16 heavy (non-hydrogen) atoms. The maximum atomic E-state index is 11.7. The largest absolute Gasteiger partial charge is 0.461 e. The standard InChI is InChI=1S/C11H14N2O3/c1-3-16-11(15)10-8(6-14)9(7-4-5-7)12-13(10)2/h6-7H,3-5H2,1-2H3. The van der Waals surface area contributed by atoms with Crippen molar-refractivity contribution in [1.29, 1.82) is 0 Å². The Kier molecular flexibility index (Phi) is 2.77. The molecule has 1 aliphatic rings. The minimum atomic E-state index is -0.480. The number of hydrogen-bond donors (Lipinski definition) is 0. The summed E-state index contributed by atoms with van der Waals surface area (Å²) in [5.74, 6) is -0.138. The molecule has 86 valence electrons. The molecular formula is C11H14N2O3. The molecule has 1 heterocycles. The molecule has 5 heteroatoms. The lowest BCUT2D eigenvalue weighted by molar-refractivity contribution is 0.0511. The van der Waals surface area contributed by atoms with Gasteiger partial charge < -0.3 is 4.74 Å². The number of ether oxygens (including phenoxy) is 1. The predicted octanol–water partition coefficient (Wildman–Crippen LogP) is 1.29. The first kappa shape index (κ1) is 10.9. The summed E-state index contributed by atoms with van der Waals surface area (Å²) in [7, 11) is 1.66. The Balaban J connectivity index is 2.42. The SMILES string of the molecule is CCOC(=O)c1c(C=O)c(C2CC2)nn1C. The number of aromatic nitrogens is 2. The monoisotopic (exact) mass is 222 g/mol. The molecule has 1 saturated carbocycles. The average Bonchev–Trinajstić information content (AvgIpc) is 3.02. The van der Waals surface area contributed by atoms with Crippen molar-refractivity contribution in [2.24, 2.45) is 7.05 Å². The van der Waals surface area contributed by atoms with Crippen LogP contribution in [0.2, 0.25) is 0 Å². The summed E-state index contributed by atoms with van der Waals surface area (Å²) in [6.07, 6.45) is 2.78. The van der Waals surface area contributed by atoms with Crippen LogP contribution >= 0.6 is 0 Å². The Morgan fingerprint density at radius 2 is 2.31 bits per heavy atom. The van der Waals surface area contributed by atoms with Crippen LogP contribution in [0.4, 0.5) is 0 Å². The summed E-state index contributed by atoms with van der Waals surface area (Å²) in [5.41, 5.74) is 1.39. The van der Waals surface area contributed by atoms with Gasteiger partial charge in [0.1, 0.15) is 0 Å². The lowest BCUT2D eigenvalue weighted by Gasteiger charge is -2.02. The van der Waals surface area contributed by atoms with Crippen LogP contribution in [0, 0.1) is 0 Å². The fraction of sp³-hybridized carbons (Fsp3) is 0.545. The van der Waals surface area contributed by atoms with Gasteiger partial charge in [-0.1, -0.05) is 0 Å². The van der Waals surface area contributed by atoms with Crippen molar-refractivity contribution in [2.45, 2.75) is 25.7 Å². The van der Waals surface area contributed by atoms with Crippen LogP contribution in [0.1, 0.15) is 52.2 Å². The van der Waals surface area contributed by atoms with E-state index in [1.165, 1.54) is 4.68 Å². The van der Waals surface area contributed by atoms with Crippen LogP contribution in [-0.4, -0.2) is 28.6 Å². The Bertz CT molecular complexity index is 433. The highest BCUT2D eigenvalue weighted by molar-refractivity contribution is 5.97. The molecule has 0 amide bonds. The first-order valence-corrected chi connectivity index (χ1v) is 5.38. The second kappa shape index (κ2) is 4.08. The number of aryl methyl sites for hydroxylation is 1. The van der Waals surface area contributed by atoms with Gasteiger partial charge in [0.25, 0.3) is 0 Å². The third-order valence-electron chi connectivity index (χ3n) is 2.66. The molecule has 0 unspecified atom stereocenters. The maximum Gasteiger partial charge on any atom is 0.357 e. The van der Waals surface area contributed by atoms with Gasteiger partial charge in [0, 0.05) is 13.0 Å². The number of hydrogen-bond acceptors (Lipinski definition) is 4. The molecule has 0 aliphatic heterocycles. The van der Waals surface area contributed by atoms with E-state index in [-0.39, 0.29) is 5.69 Å². The molecule has 2 rings (SSSR count). The topological polar surface area (TPSA) is 61.2 Å². The third kappa shape index (κ3) is 1.73. The van der Waals surface area contributed by atoms with Crippen LogP contribution in [0.15, 0.2) is 0 Å². The van der Waals surface area contributed by atoms with E-state index in [9.17, 15) is 9.59 Å². The fourth-order valence-corrected chi connectivity index (χ4v) is 1.78. The smallest absolute Gasteiger partial charge is 0.357 e. The zero-order valence-electron chi connectivity index (χ0n) is 9.40. The number of esters is 1. The highest BCUT2D eigenvalue weighted by atomic mass is 16.5. The first-order chi connectivity index (χ1) is 7.69. The van der Waals surface area contributed by atoms with Crippen molar-refractivity contribution in [1.82, 2.24) is 9.78 Å². The quantitative estimate of drug-likeness (QED) is 0.569. The minimum Gasteiger partial charge on any atom is -0.461 e. The molecule has 1 aromatic rings. The van der Waals surface area contributed by atoms with E-state index in [4.69, 9.17) is 4.74 Å². The van der Waals surface area contributed by atoms with Crippen molar-refractivity contribution in [2.75, 3.05) is 6.61 Å². The van der Waals surface area contributed by atoms with Crippen molar-refractivity contribution >= 4 is 12.3 Å². The number of rotatable bonds is 4. The van der Waals surface area contributed by atoms with E-state index in [0.717, 1.165) is 18.5 Å². The van der Waals surface area contributed by atoms with Gasteiger partial charge in [0.15, 0.2) is 12.0 Å². The zero-order chi connectivity index (χ0) is 11.7. The highest BCUT2D eigenvalue weighted by Gasteiger charge is 2.33. The summed E-state index contributed by atoms with van der Waals surface area (Å²) < 4.78 is 6.35. The predicted molar refractivity (Wildman–Crippen MR) is 56.5 cm³/mol. The molecule has 0 saturated heterocycles. The molecule has 0 atom stereocenters. The molecule has 1 aliphatic carbocycles. The Labute approximate surface area is 93.4 Å². The lowest BCUT2D eigenvalue weighted by Crippen LogP contribution is -2.12. The fourth-order valence-electron chi connectivity index (χ4n) is 1.78. The van der Waals surface area contributed by atoms with E-state index in [1.807, 2.05) is 0 Å². The van der Waals surface area contributed by atoms with Gasteiger partial charge in [0.2, 0.25) is 0 Å². The average molecular weight is 222 g/mol. The second-order valence-electron chi connectivity index (χ2n) is 3.88. The van der Waals surface area contributed by atoms with Crippen molar-refractivity contribution in [3.05, 3.63) is 17.0 Å². The van der Waals surface area contributed by atoms with Gasteiger partial charge in [-0.25, -0.2) is 4.79 Å². The Morgan fingerprint density at radius 1 is 1.62 bits per heavy atom. The first-order valence-electron chi connectivity index (χ1n) is 5.38. The molecule has 5 nitrogen and oxygen atoms in total. The molecule has 1 aromatic heterocycles. The summed E-state index contributed by atoms with van der Waals surface area (Å²) in [4.78, 5) is 22.7. The molecular weight excluding hydrogens is 208 g/mol. The Morgan fingerprint density at radius 3 is 2.81 bits per heavy atom. The minimum absolute atomic E-state index is 0.263. The molecule has 0 radical (unpaired) electrons. The maximum absolute atomic E-state index is 11.7. The van der Waals surface area contributed by atoms with E-state index in [0.29, 0.717) is 24.4 Å². The highest BCUT2D eigenvalue weighted by Crippen LogP contribution is 2.41. The van der Waals surface area contributed by atoms with Gasteiger partial charge >= 0.3 is 5.97 Å². The van der Waals surface area contributed by atoms with E-state index in [1.54, 1.807) is 14.0 Å². The number of nitrogens with zero attached hydrogens (tertiary/aromatic N) is 2. The molecule has 1 fully saturated rings. The molecule has 0 bridgehead atoms.